The third-order valence-corrected chi connectivity index (χ3v) is 6.55. The predicted molar refractivity (Wildman–Crippen MR) is 116 cm³/mol. The molecule has 0 amide bonds. The Labute approximate surface area is 179 Å². The Balaban J connectivity index is 1.21. The Morgan fingerprint density at radius 1 is 1.13 bits per heavy atom. The van der Waals surface area contributed by atoms with Crippen LogP contribution in [-0.2, 0) is 9.63 Å². The molecule has 0 bridgehead atoms. The molecule has 3 fully saturated rings. The van der Waals surface area contributed by atoms with Crippen LogP contribution in [0.15, 0.2) is 29.4 Å². The summed E-state index contributed by atoms with van der Waals surface area (Å²) in [6.07, 6.45) is 9.13. The summed E-state index contributed by atoms with van der Waals surface area (Å²) >= 11 is 0. The average Bonchev–Trinajstić information content (AvgIpc) is 3.23. The summed E-state index contributed by atoms with van der Waals surface area (Å²) in [5, 5.41) is 15.7. The molecule has 2 N–H and O–H groups in total. The number of rotatable bonds is 7. The van der Waals surface area contributed by atoms with Gasteiger partial charge in [0.25, 0.3) is 0 Å². The van der Waals surface area contributed by atoms with Crippen molar-refractivity contribution in [2.24, 2.45) is 11.0 Å². The molecule has 0 saturated carbocycles. The van der Waals surface area contributed by atoms with Gasteiger partial charge in [-0.3, -0.25) is 14.6 Å². The average molecular weight is 415 g/mol. The van der Waals surface area contributed by atoms with Crippen molar-refractivity contribution in [1.29, 1.82) is 0 Å². The van der Waals surface area contributed by atoms with Gasteiger partial charge in [-0.25, -0.2) is 0 Å². The van der Waals surface area contributed by atoms with E-state index in [4.69, 9.17) is 9.94 Å². The lowest BCUT2D eigenvalue weighted by atomic mass is 9.93. The number of carboxylic acid groups (broad SMARTS) is 1. The number of nitrogens with zero attached hydrogens (tertiary/aromatic N) is 3. The van der Waals surface area contributed by atoms with Gasteiger partial charge in [0.1, 0.15) is 0 Å². The van der Waals surface area contributed by atoms with Crippen LogP contribution in [0, 0.1) is 5.92 Å². The van der Waals surface area contributed by atoms with Crippen LogP contribution in [0.25, 0.3) is 0 Å². The van der Waals surface area contributed by atoms with Crippen molar-refractivity contribution in [3.05, 3.63) is 35.4 Å². The first-order valence-electron chi connectivity index (χ1n) is 11.4. The van der Waals surface area contributed by atoms with Gasteiger partial charge in [0.15, 0.2) is 0 Å². The maximum absolute atomic E-state index is 10.9. The smallest absolute Gasteiger partial charge is 0.303 e. The number of hydrogen-bond donors (Lipinski definition) is 2. The molecule has 2 atom stereocenters. The number of nitrogens with one attached hydrogen (secondary N) is 1. The summed E-state index contributed by atoms with van der Waals surface area (Å²) in [4.78, 5) is 19.1. The molecule has 30 heavy (non-hydrogen) atoms. The molecule has 1 aromatic rings. The quantitative estimate of drug-likeness (QED) is 0.668. The lowest BCUT2D eigenvalue weighted by Crippen LogP contribution is -2.39. The van der Waals surface area contributed by atoms with E-state index >= 15 is 0 Å². The largest absolute Gasteiger partial charge is 0.481 e. The van der Waals surface area contributed by atoms with Gasteiger partial charge in [-0.15, -0.1) is 0 Å². The van der Waals surface area contributed by atoms with E-state index in [9.17, 15) is 4.79 Å². The number of benzene rings is 1. The summed E-state index contributed by atoms with van der Waals surface area (Å²) < 4.78 is 0. The van der Waals surface area contributed by atoms with E-state index in [0.717, 1.165) is 57.5 Å². The highest BCUT2D eigenvalue weighted by Crippen LogP contribution is 2.27. The van der Waals surface area contributed by atoms with E-state index in [-0.39, 0.29) is 12.1 Å². The first-order chi connectivity index (χ1) is 14.7. The number of carboxylic acids is 1. The molecule has 1 aromatic carbocycles. The molecule has 0 aromatic heterocycles. The topological polar surface area (TPSA) is 77.4 Å². The monoisotopic (exact) mass is 414 g/mol. The summed E-state index contributed by atoms with van der Waals surface area (Å²) in [6.45, 7) is 4.97. The highest BCUT2D eigenvalue weighted by molar-refractivity contribution is 5.79. The molecule has 164 valence electrons. The molecule has 7 nitrogen and oxygen atoms in total. The molecule has 3 aliphatic heterocycles. The van der Waals surface area contributed by atoms with E-state index < -0.39 is 5.97 Å². The zero-order chi connectivity index (χ0) is 20.8. The lowest BCUT2D eigenvalue weighted by Gasteiger charge is -2.32. The van der Waals surface area contributed by atoms with Gasteiger partial charge in [-0.2, -0.15) is 10.6 Å². The first-order valence-corrected chi connectivity index (χ1v) is 11.4. The van der Waals surface area contributed by atoms with Gasteiger partial charge in [0, 0.05) is 26.1 Å². The minimum Gasteiger partial charge on any atom is -0.481 e. The van der Waals surface area contributed by atoms with E-state index in [1.54, 1.807) is 0 Å². The van der Waals surface area contributed by atoms with Crippen LogP contribution in [-0.4, -0.2) is 66.0 Å². The molecule has 4 rings (SSSR count). The SMILES string of the molecule is O=C(O)CC1CCN(CC2CC(c3ccc(C=NN4CCCCC4)cc3)NO2)CC1. The highest BCUT2D eigenvalue weighted by Gasteiger charge is 2.30. The van der Waals surface area contributed by atoms with Crippen LogP contribution < -0.4 is 5.48 Å². The second-order valence-electron chi connectivity index (χ2n) is 8.91. The predicted octanol–water partition coefficient (Wildman–Crippen LogP) is 3.03. The molecule has 3 saturated heterocycles. The van der Waals surface area contributed by atoms with Gasteiger partial charge in [0.2, 0.25) is 0 Å². The first kappa shape index (κ1) is 21.3. The van der Waals surface area contributed by atoms with Crippen molar-refractivity contribution in [2.75, 3.05) is 32.7 Å². The van der Waals surface area contributed by atoms with E-state index in [1.165, 1.54) is 24.8 Å². The summed E-state index contributed by atoms with van der Waals surface area (Å²) in [5.41, 5.74) is 5.58. The summed E-state index contributed by atoms with van der Waals surface area (Å²) in [6, 6.07) is 8.81. The molecule has 3 heterocycles. The van der Waals surface area contributed by atoms with Crippen LogP contribution >= 0.6 is 0 Å². The van der Waals surface area contributed by atoms with Crippen molar-refractivity contribution >= 4 is 12.2 Å². The standard InChI is InChI=1S/C23H34N4O3/c28-23(29)14-18-8-12-26(13-9-18)17-21-15-22(25-30-21)20-6-4-19(5-7-20)16-24-27-10-2-1-3-11-27/h4-7,16,18,21-22,25H,1-3,8-15,17H2,(H,28,29). The maximum Gasteiger partial charge on any atom is 0.303 e. The lowest BCUT2D eigenvalue weighted by molar-refractivity contribution is -0.138. The fraction of sp³-hybridized carbons (Fsp3) is 0.652. The van der Waals surface area contributed by atoms with Crippen molar-refractivity contribution in [2.45, 2.75) is 57.1 Å². The molecule has 0 radical (unpaired) electrons. The van der Waals surface area contributed by atoms with Crippen LogP contribution in [0.3, 0.4) is 0 Å². The minimum absolute atomic E-state index is 0.173. The van der Waals surface area contributed by atoms with Crippen molar-refractivity contribution < 1.29 is 14.7 Å². The van der Waals surface area contributed by atoms with Crippen LogP contribution in [0.1, 0.15) is 62.1 Å². The number of hydrogen-bond acceptors (Lipinski definition) is 6. The summed E-state index contributed by atoms with van der Waals surface area (Å²) in [5.74, 6) is -0.352. The fourth-order valence-corrected chi connectivity index (χ4v) is 4.72. The third-order valence-electron chi connectivity index (χ3n) is 6.55. The fourth-order valence-electron chi connectivity index (χ4n) is 4.72. The maximum atomic E-state index is 10.9. The molecular formula is C23H34N4O3. The van der Waals surface area contributed by atoms with Crippen LogP contribution in [0.4, 0.5) is 0 Å². The van der Waals surface area contributed by atoms with Crippen LogP contribution in [0.5, 0.6) is 0 Å². The second-order valence-corrected chi connectivity index (χ2v) is 8.91. The Bertz CT molecular complexity index is 710. The number of likely N-dealkylation sites (tertiary alicyclic amines) is 1. The Hall–Kier alpha value is -1.96. The number of hydrazone groups is 1. The molecule has 3 aliphatic rings. The number of piperidine rings is 2. The summed E-state index contributed by atoms with van der Waals surface area (Å²) in [7, 11) is 0. The Kier molecular flexibility index (Phi) is 7.36. The van der Waals surface area contributed by atoms with Crippen molar-refractivity contribution in [1.82, 2.24) is 15.4 Å². The van der Waals surface area contributed by atoms with Crippen LogP contribution in [0.2, 0.25) is 0 Å². The number of aliphatic carboxylic acids is 1. The molecule has 2 unspecified atom stereocenters. The minimum atomic E-state index is -0.677. The van der Waals surface area contributed by atoms with Crippen molar-refractivity contribution in [3.8, 4) is 0 Å². The van der Waals surface area contributed by atoms with Crippen molar-refractivity contribution in [3.63, 3.8) is 0 Å². The number of carbonyl (C=O) groups is 1. The van der Waals surface area contributed by atoms with E-state index in [0.29, 0.717) is 12.3 Å². The molecule has 0 aliphatic carbocycles. The van der Waals surface area contributed by atoms with E-state index in [1.807, 2.05) is 6.21 Å². The normalized spacial score (nSPS) is 26.5. The Morgan fingerprint density at radius 3 is 2.57 bits per heavy atom. The second kappa shape index (κ2) is 10.4. The van der Waals surface area contributed by atoms with Gasteiger partial charge in [-0.05, 0) is 68.7 Å². The zero-order valence-electron chi connectivity index (χ0n) is 17.7. The third kappa shape index (κ3) is 6.03. The van der Waals surface area contributed by atoms with Gasteiger partial charge in [-0.1, -0.05) is 24.3 Å². The van der Waals surface area contributed by atoms with Gasteiger partial charge < -0.3 is 10.0 Å². The van der Waals surface area contributed by atoms with Gasteiger partial charge in [0.05, 0.1) is 18.4 Å². The molecular weight excluding hydrogens is 380 g/mol. The Morgan fingerprint density at radius 2 is 1.87 bits per heavy atom. The number of hydroxylamine groups is 1. The van der Waals surface area contributed by atoms with Gasteiger partial charge >= 0.3 is 5.97 Å². The zero-order valence-corrected chi connectivity index (χ0v) is 17.7. The highest BCUT2D eigenvalue weighted by atomic mass is 16.7. The molecule has 0 spiro atoms. The van der Waals surface area contributed by atoms with E-state index in [2.05, 4.69) is 44.8 Å². The molecule has 7 heteroatoms.